The maximum Gasteiger partial charge on any atom is 0.433 e. The Morgan fingerprint density at radius 1 is 1.11 bits per heavy atom. The highest BCUT2D eigenvalue weighted by atomic mass is 32.2. The van der Waals surface area contributed by atoms with E-state index in [1.165, 1.54) is 19.1 Å². The number of aromatic nitrogens is 1. The van der Waals surface area contributed by atoms with E-state index in [0.717, 1.165) is 18.3 Å². The summed E-state index contributed by atoms with van der Waals surface area (Å²) in [6.07, 6.45) is -7.73. The molecule has 0 aliphatic heterocycles. The van der Waals surface area contributed by atoms with Gasteiger partial charge in [-0.15, -0.1) is 11.8 Å². The van der Waals surface area contributed by atoms with Gasteiger partial charge in [0, 0.05) is 22.4 Å². The van der Waals surface area contributed by atoms with Crippen molar-refractivity contribution in [1.29, 1.82) is 0 Å². The fraction of sp³-hybridized carbons (Fsp3) is 0.333. The molecular formula is C18H15F7N2S. The fourth-order valence-electron chi connectivity index (χ4n) is 2.27. The molecule has 0 spiro atoms. The Labute approximate surface area is 160 Å². The number of hydrogen-bond donors (Lipinski definition) is 0. The minimum atomic E-state index is -4.59. The van der Waals surface area contributed by atoms with Crippen LogP contribution < -0.4 is 0 Å². The van der Waals surface area contributed by atoms with Gasteiger partial charge < -0.3 is 0 Å². The highest BCUT2D eigenvalue weighted by molar-refractivity contribution is 7.99. The van der Waals surface area contributed by atoms with E-state index < -0.39 is 29.6 Å². The van der Waals surface area contributed by atoms with Crippen LogP contribution in [0.2, 0.25) is 0 Å². The summed E-state index contributed by atoms with van der Waals surface area (Å²) in [5.41, 5.74) is -0.401. The summed E-state index contributed by atoms with van der Waals surface area (Å²) < 4.78 is 89.4. The van der Waals surface area contributed by atoms with E-state index in [1.54, 1.807) is 6.92 Å². The number of rotatable bonds is 5. The van der Waals surface area contributed by atoms with E-state index in [-0.39, 0.29) is 28.3 Å². The SMILES string of the molecule is CCC(=Nc1cc(SCC(F)(F)F)c(C)cc1F)c1ccc(C(F)(F)F)nc1. The molecule has 0 N–H and O–H groups in total. The molecule has 0 fully saturated rings. The largest absolute Gasteiger partial charge is 0.433 e. The first-order valence-electron chi connectivity index (χ1n) is 8.01. The van der Waals surface area contributed by atoms with Crippen LogP contribution in [0.4, 0.5) is 36.4 Å². The zero-order valence-electron chi connectivity index (χ0n) is 14.7. The third-order valence-electron chi connectivity index (χ3n) is 3.61. The molecule has 0 bridgehead atoms. The summed E-state index contributed by atoms with van der Waals surface area (Å²) in [6, 6.07) is 4.24. The van der Waals surface area contributed by atoms with Crippen molar-refractivity contribution in [2.24, 2.45) is 4.99 Å². The number of nitrogens with zero attached hydrogens (tertiary/aromatic N) is 2. The molecule has 0 saturated heterocycles. The monoisotopic (exact) mass is 424 g/mol. The van der Waals surface area contributed by atoms with Crippen LogP contribution in [0.25, 0.3) is 0 Å². The van der Waals surface area contributed by atoms with Crippen molar-refractivity contribution in [3.05, 3.63) is 53.1 Å². The molecule has 0 unspecified atom stereocenters. The minimum Gasteiger partial charge on any atom is -0.251 e. The first-order chi connectivity index (χ1) is 12.9. The highest BCUT2D eigenvalue weighted by Crippen LogP contribution is 2.34. The lowest BCUT2D eigenvalue weighted by Gasteiger charge is -2.11. The third kappa shape index (κ3) is 5.95. The van der Waals surface area contributed by atoms with Crippen molar-refractivity contribution in [1.82, 2.24) is 4.98 Å². The molecule has 1 heterocycles. The average molecular weight is 424 g/mol. The van der Waals surface area contributed by atoms with Crippen LogP contribution in [0.3, 0.4) is 0 Å². The summed E-state index contributed by atoms with van der Waals surface area (Å²) in [7, 11) is 0. The summed E-state index contributed by atoms with van der Waals surface area (Å²) in [5, 5.41) is 0. The standard InChI is InChI=1S/C18H15F7N2S/c1-3-13(11-4-5-16(26-8-11)18(23,24)25)27-14-7-15(10(2)6-12(14)19)28-9-17(20,21)22/h4-8H,3,9H2,1-2H3. The summed E-state index contributed by atoms with van der Waals surface area (Å²) in [6.45, 7) is 3.15. The highest BCUT2D eigenvalue weighted by Gasteiger charge is 2.32. The van der Waals surface area contributed by atoms with Gasteiger partial charge in [-0.05, 0) is 43.2 Å². The lowest BCUT2D eigenvalue weighted by Crippen LogP contribution is -2.10. The van der Waals surface area contributed by atoms with E-state index >= 15 is 0 Å². The topological polar surface area (TPSA) is 25.2 Å². The van der Waals surface area contributed by atoms with Gasteiger partial charge in [0.1, 0.15) is 17.2 Å². The molecule has 2 aromatic rings. The predicted octanol–water partition coefficient (Wildman–Crippen LogP) is 6.73. The van der Waals surface area contributed by atoms with Crippen molar-refractivity contribution in [3.63, 3.8) is 0 Å². The Balaban J connectivity index is 2.37. The molecule has 1 aromatic carbocycles. The lowest BCUT2D eigenvalue weighted by atomic mass is 10.1. The van der Waals surface area contributed by atoms with E-state index in [4.69, 9.17) is 0 Å². The molecule has 10 heteroatoms. The maximum absolute atomic E-state index is 14.2. The number of hydrogen-bond acceptors (Lipinski definition) is 3. The molecule has 0 amide bonds. The first-order valence-corrected chi connectivity index (χ1v) is 9.00. The van der Waals surface area contributed by atoms with E-state index in [1.807, 2.05) is 0 Å². The van der Waals surface area contributed by atoms with E-state index in [2.05, 4.69) is 9.98 Å². The quantitative estimate of drug-likeness (QED) is 0.302. The molecular weight excluding hydrogens is 409 g/mol. The van der Waals surface area contributed by atoms with E-state index in [0.29, 0.717) is 17.3 Å². The molecule has 2 nitrogen and oxygen atoms in total. The number of halogens is 7. The molecule has 2 rings (SSSR count). The van der Waals surface area contributed by atoms with Crippen LogP contribution in [-0.4, -0.2) is 22.6 Å². The van der Waals surface area contributed by atoms with Gasteiger partial charge in [-0.25, -0.2) is 9.38 Å². The van der Waals surface area contributed by atoms with E-state index in [9.17, 15) is 30.7 Å². The second kappa shape index (κ2) is 8.50. The second-order valence-electron chi connectivity index (χ2n) is 5.81. The minimum absolute atomic E-state index is 0.188. The summed E-state index contributed by atoms with van der Waals surface area (Å²) in [4.78, 5) is 7.67. The molecule has 0 radical (unpaired) electrons. The normalized spacial score (nSPS) is 13.1. The fourth-order valence-corrected chi connectivity index (χ4v) is 3.07. The average Bonchev–Trinajstić information content (AvgIpc) is 2.59. The van der Waals surface area contributed by atoms with Crippen LogP contribution in [0.1, 0.15) is 30.2 Å². The van der Waals surface area contributed by atoms with Crippen molar-refractivity contribution < 1.29 is 30.7 Å². The van der Waals surface area contributed by atoms with Crippen molar-refractivity contribution in [2.75, 3.05) is 5.75 Å². The summed E-state index contributed by atoms with van der Waals surface area (Å²) >= 11 is 0.514. The number of aliphatic imine (C=N–C) groups is 1. The van der Waals surface area contributed by atoms with Gasteiger partial charge in [-0.2, -0.15) is 26.3 Å². The Hall–Kier alpha value is -2.10. The smallest absolute Gasteiger partial charge is 0.251 e. The van der Waals surface area contributed by atoms with Gasteiger partial charge in [0.15, 0.2) is 0 Å². The molecule has 0 aliphatic carbocycles. The Kier molecular flexibility index (Phi) is 6.74. The Morgan fingerprint density at radius 2 is 1.79 bits per heavy atom. The number of thioether (sulfide) groups is 1. The summed E-state index contributed by atoms with van der Waals surface area (Å²) in [5.74, 6) is -1.87. The number of alkyl halides is 6. The second-order valence-corrected chi connectivity index (χ2v) is 6.83. The Morgan fingerprint density at radius 3 is 2.29 bits per heavy atom. The van der Waals surface area contributed by atoms with Crippen molar-refractivity contribution in [2.45, 2.75) is 37.5 Å². The predicted molar refractivity (Wildman–Crippen MR) is 93.6 cm³/mol. The molecule has 28 heavy (non-hydrogen) atoms. The van der Waals surface area contributed by atoms with Crippen molar-refractivity contribution in [3.8, 4) is 0 Å². The lowest BCUT2D eigenvalue weighted by molar-refractivity contribution is -0.141. The van der Waals surface area contributed by atoms with Crippen LogP contribution in [0.15, 0.2) is 40.4 Å². The Bertz CT molecular complexity index is 856. The van der Waals surface area contributed by atoms with Crippen LogP contribution in [0, 0.1) is 12.7 Å². The van der Waals surface area contributed by atoms with Gasteiger partial charge in [0.2, 0.25) is 0 Å². The molecule has 0 atom stereocenters. The van der Waals surface area contributed by atoms with Crippen LogP contribution in [-0.2, 0) is 6.18 Å². The van der Waals surface area contributed by atoms with Gasteiger partial charge in [-0.1, -0.05) is 6.92 Å². The number of aryl methyl sites for hydroxylation is 1. The maximum atomic E-state index is 14.2. The first kappa shape index (κ1) is 22.2. The number of pyridine rings is 1. The van der Waals surface area contributed by atoms with Gasteiger partial charge in [0.05, 0.1) is 5.75 Å². The van der Waals surface area contributed by atoms with Gasteiger partial charge >= 0.3 is 12.4 Å². The van der Waals surface area contributed by atoms with Gasteiger partial charge in [0.25, 0.3) is 0 Å². The van der Waals surface area contributed by atoms with Gasteiger partial charge in [-0.3, -0.25) is 4.98 Å². The molecule has 0 saturated carbocycles. The molecule has 1 aromatic heterocycles. The molecule has 152 valence electrons. The number of benzene rings is 1. The zero-order chi connectivity index (χ0) is 21.1. The van der Waals surface area contributed by atoms with Crippen LogP contribution >= 0.6 is 11.8 Å². The third-order valence-corrected chi connectivity index (χ3v) is 4.84. The van der Waals surface area contributed by atoms with Crippen LogP contribution in [0.5, 0.6) is 0 Å². The van der Waals surface area contributed by atoms with Crippen molar-refractivity contribution >= 4 is 23.2 Å². The zero-order valence-corrected chi connectivity index (χ0v) is 15.6. The molecule has 0 aliphatic rings.